The van der Waals surface area contributed by atoms with E-state index >= 15 is 0 Å². The summed E-state index contributed by atoms with van der Waals surface area (Å²) in [4.78, 5) is 23.1. The Hall–Kier alpha value is -3.40. The summed E-state index contributed by atoms with van der Waals surface area (Å²) in [6.07, 6.45) is 11.2. The van der Waals surface area contributed by atoms with Crippen molar-refractivity contribution in [2.24, 2.45) is 0 Å². The van der Waals surface area contributed by atoms with Gasteiger partial charge in [-0.3, -0.25) is 0 Å². The largest absolute Gasteiger partial charge is 0.462 e. The average Bonchev–Trinajstić information content (AvgIpc) is 2.73. The van der Waals surface area contributed by atoms with E-state index in [1.165, 1.54) is 0 Å². The molecular weight excluding hydrogens is 352 g/mol. The van der Waals surface area contributed by atoms with E-state index in [4.69, 9.17) is 9.47 Å². The molecule has 0 spiro atoms. The standard InChI is InChI=1S/C24H24O4/c25-23(27-19-9-7-15-21-11-3-1-4-12-21)17-18-24(26)28-20-10-8-16-22-13-5-2-6-14-22/h1-8,11-18H,9-10,19-20H2/b15-7?,16-8?,18-17-. The van der Waals surface area contributed by atoms with E-state index in [2.05, 4.69) is 0 Å². The van der Waals surface area contributed by atoms with Gasteiger partial charge in [0, 0.05) is 12.2 Å². The van der Waals surface area contributed by atoms with Crippen LogP contribution in [-0.4, -0.2) is 25.2 Å². The molecule has 2 aromatic rings. The topological polar surface area (TPSA) is 52.6 Å². The number of esters is 2. The number of carbonyl (C=O) groups excluding carboxylic acids is 2. The van der Waals surface area contributed by atoms with Gasteiger partial charge in [0.15, 0.2) is 0 Å². The maximum absolute atomic E-state index is 11.6. The smallest absolute Gasteiger partial charge is 0.331 e. The summed E-state index contributed by atoms with van der Waals surface area (Å²) in [5, 5.41) is 0. The molecule has 28 heavy (non-hydrogen) atoms. The maximum atomic E-state index is 11.6. The fourth-order valence-corrected chi connectivity index (χ4v) is 2.25. The van der Waals surface area contributed by atoms with Crippen LogP contribution in [0.25, 0.3) is 12.2 Å². The van der Waals surface area contributed by atoms with Gasteiger partial charge in [0.2, 0.25) is 0 Å². The third-order valence-corrected chi connectivity index (χ3v) is 3.63. The molecule has 0 amide bonds. The van der Waals surface area contributed by atoms with Crippen molar-refractivity contribution >= 4 is 24.1 Å². The summed E-state index contributed by atoms with van der Waals surface area (Å²) in [6, 6.07) is 19.7. The highest BCUT2D eigenvalue weighted by molar-refractivity contribution is 5.91. The van der Waals surface area contributed by atoms with E-state index in [9.17, 15) is 9.59 Å². The fourth-order valence-electron chi connectivity index (χ4n) is 2.25. The van der Waals surface area contributed by atoms with E-state index in [0.29, 0.717) is 12.8 Å². The highest BCUT2D eigenvalue weighted by atomic mass is 16.5. The van der Waals surface area contributed by atoms with Gasteiger partial charge in [0.25, 0.3) is 0 Å². The molecule has 0 atom stereocenters. The van der Waals surface area contributed by atoms with Crippen LogP contribution in [0, 0.1) is 0 Å². The van der Waals surface area contributed by atoms with Crippen LogP contribution in [-0.2, 0) is 19.1 Å². The van der Waals surface area contributed by atoms with Crippen molar-refractivity contribution in [2.45, 2.75) is 12.8 Å². The number of ether oxygens (including phenoxy) is 2. The Morgan fingerprint density at radius 3 is 1.43 bits per heavy atom. The first kappa shape index (κ1) is 20.9. The first-order chi connectivity index (χ1) is 13.7. The summed E-state index contributed by atoms with van der Waals surface area (Å²) in [6.45, 7) is 0.512. The molecule has 0 aliphatic heterocycles. The molecule has 0 N–H and O–H groups in total. The maximum Gasteiger partial charge on any atom is 0.331 e. The first-order valence-electron chi connectivity index (χ1n) is 9.19. The molecule has 4 nitrogen and oxygen atoms in total. The third kappa shape index (κ3) is 9.34. The molecule has 0 saturated carbocycles. The molecule has 0 heterocycles. The summed E-state index contributed by atoms with van der Waals surface area (Å²) >= 11 is 0. The van der Waals surface area contributed by atoms with Crippen LogP contribution < -0.4 is 0 Å². The molecule has 0 saturated heterocycles. The van der Waals surface area contributed by atoms with Crippen LogP contribution in [0.4, 0.5) is 0 Å². The Balaban J connectivity index is 1.55. The molecular formula is C24H24O4. The van der Waals surface area contributed by atoms with Crippen molar-refractivity contribution in [3.05, 3.63) is 96.1 Å². The van der Waals surface area contributed by atoms with Gasteiger partial charge in [0.05, 0.1) is 13.2 Å². The van der Waals surface area contributed by atoms with Gasteiger partial charge < -0.3 is 9.47 Å². The van der Waals surface area contributed by atoms with Gasteiger partial charge in [0.1, 0.15) is 0 Å². The molecule has 4 heteroatoms. The zero-order valence-corrected chi connectivity index (χ0v) is 15.7. The number of benzene rings is 2. The van der Waals surface area contributed by atoms with Gasteiger partial charge in [-0.2, -0.15) is 0 Å². The van der Waals surface area contributed by atoms with Crippen LogP contribution in [0.5, 0.6) is 0 Å². The minimum atomic E-state index is -0.561. The van der Waals surface area contributed by atoms with E-state index in [-0.39, 0.29) is 13.2 Å². The van der Waals surface area contributed by atoms with Crippen molar-refractivity contribution in [1.82, 2.24) is 0 Å². The molecule has 0 aliphatic rings. The molecule has 0 aliphatic carbocycles. The molecule has 144 valence electrons. The van der Waals surface area contributed by atoms with Crippen molar-refractivity contribution in [3.8, 4) is 0 Å². The van der Waals surface area contributed by atoms with Gasteiger partial charge >= 0.3 is 11.9 Å². The Labute approximate surface area is 165 Å². The minimum absolute atomic E-state index is 0.256. The summed E-state index contributed by atoms with van der Waals surface area (Å²) in [7, 11) is 0. The van der Waals surface area contributed by atoms with Crippen LogP contribution in [0.1, 0.15) is 24.0 Å². The molecule has 0 fully saturated rings. The molecule has 2 aromatic carbocycles. The first-order valence-corrected chi connectivity index (χ1v) is 9.19. The predicted octanol–water partition coefficient (Wildman–Crippen LogP) is 4.84. The lowest BCUT2D eigenvalue weighted by Gasteiger charge is -2.00. The molecule has 0 unspecified atom stereocenters. The Bertz CT molecular complexity index is 736. The molecule has 2 rings (SSSR count). The third-order valence-electron chi connectivity index (χ3n) is 3.63. The van der Waals surface area contributed by atoms with Gasteiger partial charge in [-0.25, -0.2) is 9.59 Å². The van der Waals surface area contributed by atoms with Gasteiger partial charge in [-0.1, -0.05) is 85.0 Å². The number of rotatable bonds is 10. The van der Waals surface area contributed by atoms with E-state index in [0.717, 1.165) is 23.3 Å². The Kier molecular flexibility index (Phi) is 9.61. The average molecular weight is 376 g/mol. The van der Waals surface area contributed by atoms with E-state index < -0.39 is 11.9 Å². The molecule has 0 bridgehead atoms. The zero-order valence-electron chi connectivity index (χ0n) is 15.7. The monoisotopic (exact) mass is 376 g/mol. The lowest BCUT2D eigenvalue weighted by Crippen LogP contribution is -2.05. The second-order valence-electron chi connectivity index (χ2n) is 5.87. The molecule has 0 aromatic heterocycles. The quantitative estimate of drug-likeness (QED) is 0.338. The van der Waals surface area contributed by atoms with E-state index in [1.54, 1.807) is 0 Å². The van der Waals surface area contributed by atoms with E-state index in [1.807, 2.05) is 85.0 Å². The number of hydrogen-bond acceptors (Lipinski definition) is 4. The van der Waals surface area contributed by atoms with Gasteiger partial charge in [-0.15, -0.1) is 0 Å². The predicted molar refractivity (Wildman–Crippen MR) is 111 cm³/mol. The van der Waals surface area contributed by atoms with Crippen molar-refractivity contribution in [1.29, 1.82) is 0 Å². The summed E-state index contributed by atoms with van der Waals surface area (Å²) in [5.41, 5.74) is 2.19. The normalized spacial score (nSPS) is 11.3. The fraction of sp³-hybridized carbons (Fsp3) is 0.167. The highest BCUT2D eigenvalue weighted by Gasteiger charge is 2.00. The van der Waals surface area contributed by atoms with Crippen LogP contribution >= 0.6 is 0 Å². The summed E-state index contributed by atoms with van der Waals surface area (Å²) < 4.78 is 10.1. The lowest BCUT2D eigenvalue weighted by atomic mass is 10.2. The Morgan fingerprint density at radius 2 is 1.04 bits per heavy atom. The second-order valence-corrected chi connectivity index (χ2v) is 5.87. The zero-order chi connectivity index (χ0) is 19.9. The second kappa shape index (κ2) is 12.9. The van der Waals surface area contributed by atoms with Crippen LogP contribution in [0.3, 0.4) is 0 Å². The molecule has 0 radical (unpaired) electrons. The Morgan fingerprint density at radius 1 is 0.643 bits per heavy atom. The minimum Gasteiger partial charge on any atom is -0.462 e. The van der Waals surface area contributed by atoms with Crippen LogP contribution in [0.15, 0.2) is 85.0 Å². The lowest BCUT2D eigenvalue weighted by molar-refractivity contribution is -0.140. The van der Waals surface area contributed by atoms with Crippen molar-refractivity contribution in [3.63, 3.8) is 0 Å². The van der Waals surface area contributed by atoms with Crippen molar-refractivity contribution < 1.29 is 19.1 Å². The van der Waals surface area contributed by atoms with Gasteiger partial charge in [-0.05, 0) is 24.0 Å². The summed E-state index contributed by atoms with van der Waals surface area (Å²) in [5.74, 6) is -1.12. The number of carbonyl (C=O) groups is 2. The highest BCUT2D eigenvalue weighted by Crippen LogP contribution is 2.03. The number of hydrogen-bond donors (Lipinski definition) is 0. The SMILES string of the molecule is O=C(/C=C\C(=O)OCCC=Cc1ccccc1)OCCC=Cc1ccccc1. The van der Waals surface area contributed by atoms with Crippen molar-refractivity contribution in [2.75, 3.05) is 13.2 Å². The van der Waals surface area contributed by atoms with Crippen LogP contribution in [0.2, 0.25) is 0 Å².